The number of ether oxygens (including phenoxy) is 1. The van der Waals surface area contributed by atoms with Crippen molar-refractivity contribution in [2.24, 2.45) is 0 Å². The topological polar surface area (TPSA) is 115 Å². The van der Waals surface area contributed by atoms with Crippen molar-refractivity contribution in [2.75, 3.05) is 19.9 Å². The smallest absolute Gasteiger partial charge is 0.335 e. The summed E-state index contributed by atoms with van der Waals surface area (Å²) >= 11 is 6.32. The molecule has 0 saturated carbocycles. The first kappa shape index (κ1) is 23.6. The highest BCUT2D eigenvalue weighted by molar-refractivity contribution is 6.34. The first-order valence-corrected chi connectivity index (χ1v) is 11.2. The molecule has 1 saturated heterocycles. The van der Waals surface area contributed by atoms with E-state index in [0.29, 0.717) is 18.7 Å². The van der Waals surface area contributed by atoms with Crippen molar-refractivity contribution in [2.45, 2.75) is 6.92 Å². The van der Waals surface area contributed by atoms with Gasteiger partial charge in [-0.05, 0) is 42.8 Å². The minimum atomic E-state index is -1.28. The molecule has 11 heteroatoms. The van der Waals surface area contributed by atoms with Gasteiger partial charge in [0.2, 0.25) is 0 Å². The molecule has 36 heavy (non-hydrogen) atoms. The van der Waals surface area contributed by atoms with E-state index in [2.05, 4.69) is 10.1 Å². The number of aromatic carboxylic acids is 1. The molecule has 0 bridgehead atoms. The minimum absolute atomic E-state index is 0.0148. The van der Waals surface area contributed by atoms with E-state index in [4.69, 9.17) is 21.4 Å². The van der Waals surface area contributed by atoms with E-state index < -0.39 is 17.7 Å². The maximum absolute atomic E-state index is 15.0. The number of aromatic nitrogens is 3. The summed E-state index contributed by atoms with van der Waals surface area (Å²) < 4.78 is 21.3. The molecule has 1 N–H and O–H groups in total. The van der Waals surface area contributed by atoms with Gasteiger partial charge in [-0.15, -0.1) is 0 Å². The van der Waals surface area contributed by atoms with Crippen LogP contribution in [0.1, 0.15) is 36.6 Å². The molecule has 0 spiro atoms. The highest BCUT2D eigenvalue weighted by Gasteiger charge is 2.26. The molecule has 2 aromatic heterocycles. The van der Waals surface area contributed by atoms with Crippen LogP contribution in [-0.2, 0) is 4.74 Å². The van der Waals surface area contributed by atoms with Gasteiger partial charge in [-0.2, -0.15) is 9.78 Å². The molecule has 5 rings (SSSR count). The van der Waals surface area contributed by atoms with Crippen LogP contribution in [0, 0.1) is 12.7 Å². The first-order chi connectivity index (χ1) is 17.3. The van der Waals surface area contributed by atoms with Gasteiger partial charge in [0, 0.05) is 18.3 Å². The molecule has 3 heterocycles. The summed E-state index contributed by atoms with van der Waals surface area (Å²) in [5.74, 6) is -3.06. The SMILES string of the molecule is Cc1cccc(Cl)c1C(=O)n1nc(-c2ccc(C(=O)O)cc2F)c2ncc(C(=O)N3CCOC3)cc21. The zero-order valence-electron chi connectivity index (χ0n) is 18.9. The lowest BCUT2D eigenvalue weighted by Crippen LogP contribution is -2.28. The largest absolute Gasteiger partial charge is 0.478 e. The van der Waals surface area contributed by atoms with E-state index in [1.54, 1.807) is 25.1 Å². The van der Waals surface area contributed by atoms with Crippen LogP contribution in [0.5, 0.6) is 0 Å². The Morgan fingerprint density at radius 2 is 1.92 bits per heavy atom. The van der Waals surface area contributed by atoms with Crippen LogP contribution < -0.4 is 0 Å². The number of carboxylic acid groups (broad SMARTS) is 1. The van der Waals surface area contributed by atoms with Crippen molar-refractivity contribution in [1.29, 1.82) is 0 Å². The Bertz CT molecular complexity index is 1540. The van der Waals surface area contributed by atoms with Gasteiger partial charge in [-0.1, -0.05) is 23.7 Å². The number of fused-ring (bicyclic) bond motifs is 1. The average Bonchev–Trinajstić information content (AvgIpc) is 3.51. The fourth-order valence-electron chi connectivity index (χ4n) is 4.06. The van der Waals surface area contributed by atoms with E-state index in [-0.39, 0.29) is 56.6 Å². The third-order valence-corrected chi connectivity index (χ3v) is 6.22. The fourth-order valence-corrected chi connectivity index (χ4v) is 4.36. The van der Waals surface area contributed by atoms with Crippen molar-refractivity contribution >= 4 is 40.4 Å². The average molecular weight is 509 g/mol. The lowest BCUT2D eigenvalue weighted by Gasteiger charge is -2.13. The van der Waals surface area contributed by atoms with E-state index >= 15 is 0 Å². The molecule has 4 aromatic rings. The second-order valence-electron chi connectivity index (χ2n) is 8.19. The maximum Gasteiger partial charge on any atom is 0.335 e. The van der Waals surface area contributed by atoms with Gasteiger partial charge in [0.15, 0.2) is 0 Å². The zero-order chi connectivity index (χ0) is 25.6. The van der Waals surface area contributed by atoms with Crippen LogP contribution in [0.25, 0.3) is 22.3 Å². The summed E-state index contributed by atoms with van der Waals surface area (Å²) in [7, 11) is 0. The maximum atomic E-state index is 15.0. The van der Waals surface area contributed by atoms with Crippen molar-refractivity contribution < 1.29 is 28.6 Å². The lowest BCUT2D eigenvalue weighted by atomic mass is 10.1. The Labute approximate surface area is 208 Å². The third-order valence-electron chi connectivity index (χ3n) is 5.91. The van der Waals surface area contributed by atoms with Crippen molar-refractivity contribution in [3.8, 4) is 11.3 Å². The molecule has 2 aromatic carbocycles. The zero-order valence-corrected chi connectivity index (χ0v) is 19.6. The summed E-state index contributed by atoms with van der Waals surface area (Å²) in [6.45, 7) is 2.69. The standard InChI is InChI=1S/C25H18ClFN4O5/c1-13-3-2-4-17(26)20(13)24(33)31-19-10-15(23(32)30-7-8-36-12-30)11-28-22(19)21(29-31)16-6-5-14(25(34)35)9-18(16)27/h2-6,9-11H,7-8,12H2,1H3,(H,34,35). The van der Waals surface area contributed by atoms with Gasteiger partial charge in [0.05, 0.1) is 33.8 Å². The highest BCUT2D eigenvalue weighted by atomic mass is 35.5. The number of carbonyl (C=O) groups is 3. The Morgan fingerprint density at radius 1 is 1.11 bits per heavy atom. The minimum Gasteiger partial charge on any atom is -0.478 e. The predicted molar refractivity (Wildman–Crippen MR) is 128 cm³/mol. The Balaban J connectivity index is 1.72. The van der Waals surface area contributed by atoms with Gasteiger partial charge in [-0.25, -0.2) is 9.18 Å². The molecule has 1 aliphatic rings. The second kappa shape index (κ2) is 9.14. The van der Waals surface area contributed by atoms with Crippen molar-refractivity contribution in [3.05, 3.63) is 81.8 Å². The predicted octanol–water partition coefficient (Wildman–Crippen LogP) is 4.02. The van der Waals surface area contributed by atoms with E-state index in [1.165, 1.54) is 29.3 Å². The number of halogens is 2. The fraction of sp³-hybridized carbons (Fsp3) is 0.160. The molecule has 9 nitrogen and oxygen atoms in total. The molecule has 0 unspecified atom stereocenters. The number of amides is 1. The quantitative estimate of drug-likeness (QED) is 0.443. The number of carbonyl (C=O) groups excluding carboxylic acids is 2. The van der Waals surface area contributed by atoms with Gasteiger partial charge in [0.1, 0.15) is 23.8 Å². The third kappa shape index (κ3) is 4.00. The monoisotopic (exact) mass is 508 g/mol. The number of pyridine rings is 1. The van der Waals surface area contributed by atoms with Crippen LogP contribution in [0.15, 0.2) is 48.7 Å². The molecule has 1 amide bonds. The van der Waals surface area contributed by atoms with Crippen LogP contribution in [0.2, 0.25) is 5.02 Å². The number of rotatable bonds is 4. The van der Waals surface area contributed by atoms with Gasteiger partial charge in [0.25, 0.3) is 11.8 Å². The van der Waals surface area contributed by atoms with Crippen molar-refractivity contribution in [3.63, 3.8) is 0 Å². The summed E-state index contributed by atoms with van der Waals surface area (Å²) in [5, 5.41) is 13.7. The summed E-state index contributed by atoms with van der Waals surface area (Å²) in [6.07, 6.45) is 1.33. The summed E-state index contributed by atoms with van der Waals surface area (Å²) in [4.78, 5) is 43.6. The van der Waals surface area contributed by atoms with Crippen molar-refractivity contribution in [1.82, 2.24) is 19.7 Å². The van der Waals surface area contributed by atoms with E-state index in [0.717, 1.165) is 10.7 Å². The molecule has 1 fully saturated rings. The Morgan fingerprint density at radius 3 is 2.58 bits per heavy atom. The van der Waals surface area contributed by atoms with Crippen LogP contribution in [0.4, 0.5) is 4.39 Å². The molecule has 0 aliphatic carbocycles. The van der Waals surface area contributed by atoms with Gasteiger partial charge >= 0.3 is 5.97 Å². The lowest BCUT2D eigenvalue weighted by molar-refractivity contribution is 0.0686. The second-order valence-corrected chi connectivity index (χ2v) is 8.60. The number of carboxylic acids is 1. The van der Waals surface area contributed by atoms with E-state index in [1.807, 2.05) is 0 Å². The molecule has 0 radical (unpaired) electrons. The molecular formula is C25H18ClFN4O5. The number of hydrogen-bond acceptors (Lipinski definition) is 6. The molecule has 0 atom stereocenters. The number of aryl methyl sites for hydroxylation is 1. The Kier molecular flexibility index (Phi) is 5.99. The van der Waals surface area contributed by atoms with Gasteiger partial charge < -0.3 is 14.7 Å². The summed E-state index contributed by atoms with van der Waals surface area (Å²) in [6, 6.07) is 9.82. The molecule has 182 valence electrons. The Hall–Kier alpha value is -4.15. The summed E-state index contributed by atoms with van der Waals surface area (Å²) in [5.41, 5.74) is 1.05. The number of nitrogens with zero attached hydrogens (tertiary/aromatic N) is 4. The normalized spacial score (nSPS) is 13.4. The number of benzene rings is 2. The van der Waals surface area contributed by atoms with Crippen LogP contribution in [-0.4, -0.2) is 62.4 Å². The molecular weight excluding hydrogens is 491 g/mol. The number of hydrogen-bond donors (Lipinski definition) is 1. The van der Waals surface area contributed by atoms with Gasteiger partial charge in [-0.3, -0.25) is 14.6 Å². The highest BCUT2D eigenvalue weighted by Crippen LogP contribution is 2.31. The first-order valence-electron chi connectivity index (χ1n) is 10.8. The van der Waals surface area contributed by atoms with E-state index in [9.17, 15) is 18.8 Å². The van der Waals surface area contributed by atoms with Crippen LogP contribution >= 0.6 is 11.6 Å². The molecule has 1 aliphatic heterocycles. The van der Waals surface area contributed by atoms with Crippen LogP contribution in [0.3, 0.4) is 0 Å².